The second-order valence-electron chi connectivity index (χ2n) is 6.92. The number of rotatable bonds is 5. The molecule has 0 saturated heterocycles. The van der Waals surface area contributed by atoms with Gasteiger partial charge in [-0.05, 0) is 29.8 Å². The zero-order valence-corrected chi connectivity index (χ0v) is 16.3. The Bertz CT molecular complexity index is 1110. The third kappa shape index (κ3) is 4.04. The Morgan fingerprint density at radius 3 is 2.10 bits per heavy atom. The molecule has 1 aliphatic rings. The molecule has 8 nitrogen and oxygen atoms in total. The van der Waals surface area contributed by atoms with E-state index in [1.807, 2.05) is 6.07 Å². The van der Waals surface area contributed by atoms with Crippen molar-refractivity contribution in [1.29, 1.82) is 0 Å². The molecule has 2 heterocycles. The molecular weight excluding hydrogens is 396 g/mol. The van der Waals surface area contributed by atoms with Crippen molar-refractivity contribution in [1.82, 2.24) is 20.7 Å². The number of hydrogen-bond acceptors (Lipinski definition) is 5. The molecule has 4 rings (SSSR count). The van der Waals surface area contributed by atoms with Gasteiger partial charge in [0.1, 0.15) is 6.04 Å². The number of carbonyl (C=O) groups is 4. The minimum Gasteiger partial charge on any atom is -0.271 e. The fourth-order valence-electron chi connectivity index (χ4n) is 3.40. The van der Waals surface area contributed by atoms with E-state index in [1.165, 1.54) is 12.4 Å². The molecule has 0 aliphatic carbocycles. The van der Waals surface area contributed by atoms with Crippen molar-refractivity contribution < 1.29 is 19.2 Å². The highest BCUT2D eigenvalue weighted by Crippen LogP contribution is 2.26. The minimum atomic E-state index is -1.15. The first-order valence-corrected chi connectivity index (χ1v) is 9.57. The van der Waals surface area contributed by atoms with Gasteiger partial charge in [-0.2, -0.15) is 0 Å². The predicted octanol–water partition coefficient (Wildman–Crippen LogP) is 1.75. The second-order valence-corrected chi connectivity index (χ2v) is 6.92. The van der Waals surface area contributed by atoms with E-state index in [1.54, 1.807) is 60.7 Å². The van der Waals surface area contributed by atoms with E-state index in [0.717, 1.165) is 10.5 Å². The number of nitrogens with zero attached hydrogens (tertiary/aromatic N) is 2. The summed E-state index contributed by atoms with van der Waals surface area (Å²) in [4.78, 5) is 55.9. The van der Waals surface area contributed by atoms with E-state index >= 15 is 0 Å². The molecule has 1 aliphatic heterocycles. The molecule has 31 heavy (non-hydrogen) atoms. The summed E-state index contributed by atoms with van der Waals surface area (Å²) in [7, 11) is 0. The average molecular weight is 414 g/mol. The number of amides is 4. The second kappa shape index (κ2) is 8.58. The topological polar surface area (TPSA) is 108 Å². The fourth-order valence-corrected chi connectivity index (χ4v) is 3.40. The molecule has 2 N–H and O–H groups in total. The molecule has 4 amide bonds. The van der Waals surface area contributed by atoms with Crippen molar-refractivity contribution in [3.63, 3.8) is 0 Å². The van der Waals surface area contributed by atoms with Crippen LogP contribution in [0.3, 0.4) is 0 Å². The lowest BCUT2D eigenvalue weighted by Gasteiger charge is -2.25. The molecular formula is C23H18N4O4. The summed E-state index contributed by atoms with van der Waals surface area (Å²) >= 11 is 0. The zero-order chi connectivity index (χ0) is 21.8. The molecule has 8 heteroatoms. The van der Waals surface area contributed by atoms with Crippen molar-refractivity contribution >= 4 is 23.6 Å². The summed E-state index contributed by atoms with van der Waals surface area (Å²) in [6.45, 7) is 0. The van der Waals surface area contributed by atoms with Crippen LogP contribution >= 0.6 is 0 Å². The van der Waals surface area contributed by atoms with Crippen LogP contribution in [0.1, 0.15) is 36.6 Å². The molecule has 1 unspecified atom stereocenters. The summed E-state index contributed by atoms with van der Waals surface area (Å²) in [5.74, 6) is -2.34. The van der Waals surface area contributed by atoms with Gasteiger partial charge in [0.25, 0.3) is 23.6 Å². The van der Waals surface area contributed by atoms with Crippen LogP contribution in [0.5, 0.6) is 0 Å². The van der Waals surface area contributed by atoms with Crippen LogP contribution in [0, 0.1) is 0 Å². The number of imide groups is 1. The zero-order valence-electron chi connectivity index (χ0n) is 16.3. The molecule has 2 aromatic carbocycles. The number of nitrogens with one attached hydrogen (secondary N) is 2. The van der Waals surface area contributed by atoms with E-state index in [4.69, 9.17) is 0 Å². The number of benzene rings is 2. The molecule has 1 aromatic heterocycles. The van der Waals surface area contributed by atoms with Crippen LogP contribution in [0.2, 0.25) is 0 Å². The Morgan fingerprint density at radius 2 is 1.48 bits per heavy atom. The van der Waals surface area contributed by atoms with Crippen molar-refractivity contribution in [3.8, 4) is 0 Å². The van der Waals surface area contributed by atoms with Crippen LogP contribution in [-0.2, 0) is 11.2 Å². The predicted molar refractivity (Wildman–Crippen MR) is 111 cm³/mol. The van der Waals surface area contributed by atoms with Crippen LogP contribution in [0.4, 0.5) is 0 Å². The lowest BCUT2D eigenvalue weighted by Crippen LogP contribution is -2.54. The van der Waals surface area contributed by atoms with Crippen molar-refractivity contribution in [2.45, 2.75) is 12.5 Å². The van der Waals surface area contributed by atoms with Crippen molar-refractivity contribution in [3.05, 3.63) is 101 Å². The van der Waals surface area contributed by atoms with Gasteiger partial charge in [-0.1, -0.05) is 42.5 Å². The standard InChI is InChI=1S/C23H18N4O4/c28-20(16-9-6-12-24-14-16)25-26-21(29)19(13-15-7-2-1-3-8-15)27-22(30)17-10-4-5-11-18(17)23(27)31/h1-12,14,19H,13H2,(H,25,28)(H,26,29). The summed E-state index contributed by atoms with van der Waals surface area (Å²) in [5.41, 5.74) is 6.16. The van der Waals surface area contributed by atoms with Gasteiger partial charge in [0.05, 0.1) is 16.7 Å². The molecule has 0 bridgehead atoms. The first kappa shape index (κ1) is 20.0. The molecule has 3 aromatic rings. The number of hydrazine groups is 1. The van der Waals surface area contributed by atoms with Crippen LogP contribution in [0.25, 0.3) is 0 Å². The van der Waals surface area contributed by atoms with Crippen molar-refractivity contribution in [2.75, 3.05) is 0 Å². The highest BCUT2D eigenvalue weighted by Gasteiger charge is 2.42. The molecule has 0 spiro atoms. The summed E-state index contributed by atoms with van der Waals surface area (Å²) in [5, 5.41) is 0. The van der Waals surface area contributed by atoms with E-state index in [9.17, 15) is 19.2 Å². The van der Waals surface area contributed by atoms with E-state index < -0.39 is 29.7 Å². The number of hydrogen-bond donors (Lipinski definition) is 2. The Labute approximate surface area is 177 Å². The Balaban J connectivity index is 1.58. The SMILES string of the molecule is O=C(NNC(=O)C(Cc1ccccc1)N1C(=O)c2ccccc2C1=O)c1cccnc1. The quantitative estimate of drug-likeness (QED) is 0.488. The van der Waals surface area contributed by atoms with Crippen LogP contribution in [-0.4, -0.2) is 39.6 Å². The molecule has 0 saturated carbocycles. The average Bonchev–Trinajstić information content (AvgIpc) is 3.07. The van der Waals surface area contributed by atoms with Gasteiger partial charge < -0.3 is 0 Å². The van der Waals surface area contributed by atoms with E-state index in [2.05, 4.69) is 15.8 Å². The van der Waals surface area contributed by atoms with Gasteiger partial charge in [0, 0.05) is 18.8 Å². The van der Waals surface area contributed by atoms with Gasteiger partial charge in [-0.3, -0.25) is 39.9 Å². The van der Waals surface area contributed by atoms with Gasteiger partial charge in [0.2, 0.25) is 0 Å². The van der Waals surface area contributed by atoms with Crippen LogP contribution < -0.4 is 10.9 Å². The van der Waals surface area contributed by atoms with Gasteiger partial charge in [-0.15, -0.1) is 0 Å². The summed E-state index contributed by atoms with van der Waals surface area (Å²) in [6.07, 6.45) is 2.97. The summed E-state index contributed by atoms with van der Waals surface area (Å²) < 4.78 is 0. The summed E-state index contributed by atoms with van der Waals surface area (Å²) in [6, 6.07) is 17.4. The number of carbonyl (C=O) groups excluding carboxylic acids is 4. The maximum atomic E-state index is 13.0. The maximum absolute atomic E-state index is 13.0. The first-order chi connectivity index (χ1) is 15.1. The monoisotopic (exact) mass is 414 g/mol. The molecule has 0 fully saturated rings. The highest BCUT2D eigenvalue weighted by atomic mass is 16.2. The van der Waals surface area contributed by atoms with E-state index in [-0.39, 0.29) is 23.1 Å². The smallest absolute Gasteiger partial charge is 0.271 e. The lowest BCUT2D eigenvalue weighted by atomic mass is 10.0. The third-order valence-corrected chi connectivity index (χ3v) is 4.93. The maximum Gasteiger partial charge on any atom is 0.271 e. The Hall–Kier alpha value is -4.33. The fraction of sp³-hybridized carbons (Fsp3) is 0.0870. The molecule has 154 valence electrons. The number of aromatic nitrogens is 1. The molecule has 1 atom stereocenters. The number of fused-ring (bicyclic) bond motifs is 1. The number of pyridine rings is 1. The van der Waals surface area contributed by atoms with Crippen LogP contribution in [0.15, 0.2) is 79.1 Å². The van der Waals surface area contributed by atoms with Gasteiger partial charge in [-0.25, -0.2) is 0 Å². The Morgan fingerprint density at radius 1 is 0.839 bits per heavy atom. The normalized spacial score (nSPS) is 13.5. The highest BCUT2D eigenvalue weighted by molar-refractivity contribution is 6.22. The minimum absolute atomic E-state index is 0.0981. The van der Waals surface area contributed by atoms with Gasteiger partial charge >= 0.3 is 0 Å². The third-order valence-electron chi connectivity index (χ3n) is 4.93. The Kier molecular flexibility index (Phi) is 5.53. The largest absolute Gasteiger partial charge is 0.271 e. The lowest BCUT2D eigenvalue weighted by molar-refractivity contribution is -0.125. The first-order valence-electron chi connectivity index (χ1n) is 9.57. The van der Waals surface area contributed by atoms with Gasteiger partial charge in [0.15, 0.2) is 0 Å². The van der Waals surface area contributed by atoms with Crippen molar-refractivity contribution in [2.24, 2.45) is 0 Å². The molecule has 0 radical (unpaired) electrons. The van der Waals surface area contributed by atoms with E-state index in [0.29, 0.717) is 0 Å².